The number of hydrogen-bond acceptors (Lipinski definition) is 11. The van der Waals surface area contributed by atoms with E-state index in [2.05, 4.69) is 0 Å². The Morgan fingerprint density at radius 3 is 0.604 bits per heavy atom. The molecular formula is C32H57N11O10. The number of carbonyl (C=O) groups excluding carboxylic acids is 10. The van der Waals surface area contributed by atoms with Crippen LogP contribution in [-0.2, 0) is 47.9 Å². The van der Waals surface area contributed by atoms with E-state index in [0.29, 0.717) is 6.54 Å². The maximum Gasteiger partial charge on any atom is 0.242 e. The van der Waals surface area contributed by atoms with Gasteiger partial charge in [0.15, 0.2) is 0 Å². The average molecular weight is 756 g/mol. The van der Waals surface area contributed by atoms with E-state index < -0.39 is 85.9 Å². The molecule has 2 N–H and O–H groups in total. The van der Waals surface area contributed by atoms with Crippen molar-refractivity contribution in [2.24, 2.45) is 5.73 Å². The second-order valence-corrected chi connectivity index (χ2v) is 13.0. The number of carbonyl (C=O) groups is 10. The van der Waals surface area contributed by atoms with Gasteiger partial charge in [-0.1, -0.05) is 6.92 Å². The Morgan fingerprint density at radius 1 is 0.302 bits per heavy atom. The first kappa shape index (κ1) is 47.7. The molecule has 0 fully saturated rings. The molecule has 0 heterocycles. The summed E-state index contributed by atoms with van der Waals surface area (Å²) in [6.07, 6.45) is 0. The van der Waals surface area contributed by atoms with Crippen LogP contribution in [0.3, 0.4) is 0 Å². The molecule has 0 aromatic heterocycles. The van der Waals surface area contributed by atoms with Crippen molar-refractivity contribution in [1.82, 2.24) is 49.0 Å². The lowest BCUT2D eigenvalue weighted by molar-refractivity contribution is -0.146. The Morgan fingerprint density at radius 2 is 0.453 bits per heavy atom. The van der Waals surface area contributed by atoms with Crippen LogP contribution in [0, 0.1) is 0 Å². The van der Waals surface area contributed by atoms with Crippen LogP contribution in [0.5, 0.6) is 0 Å². The number of nitrogens with two attached hydrogens (primary N) is 1. The lowest BCUT2D eigenvalue weighted by atomic mass is 10.3. The van der Waals surface area contributed by atoms with Gasteiger partial charge >= 0.3 is 0 Å². The topological polar surface area (TPSA) is 229 Å². The first-order valence-electron chi connectivity index (χ1n) is 16.5. The highest BCUT2D eigenvalue weighted by Crippen LogP contribution is 2.00. The fraction of sp³-hybridized carbons (Fsp3) is 0.688. The van der Waals surface area contributed by atoms with Gasteiger partial charge in [-0.15, -0.1) is 0 Å². The highest BCUT2D eigenvalue weighted by atomic mass is 16.2. The standard InChI is InChI=1S/C32H57N11O10/c1-12-34(2)14-24(45)36(4)16-26(47)38(6)18-28(49)40(8)20-30(51)42(10)22-32(53)43(11)21-31(52)41(9)19-29(50)39(7)17-27(48)37(5)15-25(46)35(3)13-23(33)44/h12-22H2,1-11H3,(H2,33,44). The van der Waals surface area contributed by atoms with E-state index in [4.69, 9.17) is 5.73 Å². The van der Waals surface area contributed by atoms with E-state index in [1.807, 2.05) is 6.92 Å². The molecule has 0 aromatic rings. The van der Waals surface area contributed by atoms with Crippen LogP contribution in [0.15, 0.2) is 0 Å². The molecule has 0 rings (SSSR count). The molecule has 53 heavy (non-hydrogen) atoms. The molecule has 0 saturated carbocycles. The first-order valence-corrected chi connectivity index (χ1v) is 16.5. The van der Waals surface area contributed by atoms with Gasteiger partial charge < -0.3 is 49.8 Å². The molecule has 0 aromatic carbocycles. The quantitative estimate of drug-likeness (QED) is 0.116. The number of amides is 10. The van der Waals surface area contributed by atoms with Crippen LogP contribution < -0.4 is 5.73 Å². The van der Waals surface area contributed by atoms with Crippen LogP contribution in [0.25, 0.3) is 0 Å². The third kappa shape index (κ3) is 17.6. The van der Waals surface area contributed by atoms with Crippen LogP contribution in [0.4, 0.5) is 0 Å². The van der Waals surface area contributed by atoms with Crippen molar-refractivity contribution >= 4 is 59.1 Å². The van der Waals surface area contributed by atoms with Crippen LogP contribution in [-0.4, -0.2) is 251 Å². The summed E-state index contributed by atoms with van der Waals surface area (Å²) < 4.78 is 0. The number of likely N-dealkylation sites (N-methyl/N-ethyl adjacent to an activating group) is 10. The Hall–Kier alpha value is -5.34. The summed E-state index contributed by atoms with van der Waals surface area (Å²) in [6, 6.07) is 0. The summed E-state index contributed by atoms with van der Waals surface area (Å²) in [7, 11) is 14.1. The summed E-state index contributed by atoms with van der Waals surface area (Å²) in [5.74, 6) is -5.45. The fourth-order valence-corrected chi connectivity index (χ4v) is 4.08. The molecule has 0 spiro atoms. The molecule has 0 atom stereocenters. The summed E-state index contributed by atoms with van der Waals surface area (Å²) in [6.45, 7) is -0.582. The lowest BCUT2D eigenvalue weighted by Gasteiger charge is -2.27. The van der Waals surface area contributed by atoms with Gasteiger partial charge in [0.25, 0.3) is 0 Å². The predicted molar refractivity (Wildman–Crippen MR) is 191 cm³/mol. The number of primary amides is 1. The first-order chi connectivity index (χ1) is 24.4. The normalized spacial score (nSPS) is 10.5. The number of hydrogen-bond donors (Lipinski definition) is 1. The second-order valence-electron chi connectivity index (χ2n) is 13.0. The second kappa shape index (κ2) is 22.6. The molecule has 0 aliphatic heterocycles. The largest absolute Gasteiger partial charge is 0.368 e. The molecule has 21 heteroatoms. The van der Waals surface area contributed by atoms with Crippen molar-refractivity contribution in [1.29, 1.82) is 0 Å². The Balaban J connectivity index is 4.85. The summed E-state index contributed by atoms with van der Waals surface area (Å²) >= 11 is 0. The Bertz CT molecular complexity index is 1380. The maximum absolute atomic E-state index is 12.8. The average Bonchev–Trinajstić information content (AvgIpc) is 3.06. The molecule has 10 amide bonds. The minimum absolute atomic E-state index is 0.143. The third-order valence-electron chi connectivity index (χ3n) is 8.15. The molecule has 0 saturated heterocycles. The van der Waals surface area contributed by atoms with Crippen molar-refractivity contribution in [3.63, 3.8) is 0 Å². The van der Waals surface area contributed by atoms with Crippen molar-refractivity contribution in [3.8, 4) is 0 Å². The minimum Gasteiger partial charge on any atom is -0.368 e. The zero-order valence-electron chi connectivity index (χ0n) is 32.9. The van der Waals surface area contributed by atoms with Crippen molar-refractivity contribution in [3.05, 3.63) is 0 Å². The lowest BCUT2D eigenvalue weighted by Crippen LogP contribution is -2.49. The van der Waals surface area contributed by atoms with Crippen molar-refractivity contribution < 1.29 is 47.9 Å². The smallest absolute Gasteiger partial charge is 0.242 e. The molecule has 0 aliphatic rings. The molecule has 0 aliphatic carbocycles. The van der Waals surface area contributed by atoms with E-state index in [1.54, 1.807) is 11.9 Å². The molecule has 0 unspecified atom stereocenters. The van der Waals surface area contributed by atoms with Gasteiger partial charge in [0.05, 0.1) is 65.4 Å². The van der Waals surface area contributed by atoms with E-state index in [9.17, 15) is 47.9 Å². The molecule has 0 bridgehead atoms. The minimum atomic E-state index is -0.714. The summed E-state index contributed by atoms with van der Waals surface area (Å²) in [5, 5.41) is 0. The van der Waals surface area contributed by atoms with Gasteiger partial charge in [-0.25, -0.2) is 0 Å². The van der Waals surface area contributed by atoms with Gasteiger partial charge in [-0.05, 0) is 13.6 Å². The van der Waals surface area contributed by atoms with E-state index in [-0.39, 0.29) is 38.6 Å². The monoisotopic (exact) mass is 755 g/mol. The van der Waals surface area contributed by atoms with Crippen LogP contribution >= 0.6 is 0 Å². The van der Waals surface area contributed by atoms with Crippen molar-refractivity contribution in [2.75, 3.05) is 142 Å². The summed E-state index contributed by atoms with van der Waals surface area (Å²) in [5.41, 5.74) is 5.07. The van der Waals surface area contributed by atoms with Gasteiger partial charge in [0, 0.05) is 63.4 Å². The van der Waals surface area contributed by atoms with Crippen LogP contribution in [0.1, 0.15) is 6.92 Å². The highest BCUT2D eigenvalue weighted by molar-refractivity contribution is 5.93. The molecule has 0 radical (unpaired) electrons. The Kier molecular flexibility index (Phi) is 20.3. The molecule has 21 nitrogen and oxygen atoms in total. The molecular weight excluding hydrogens is 698 g/mol. The highest BCUT2D eigenvalue weighted by Gasteiger charge is 2.26. The zero-order valence-corrected chi connectivity index (χ0v) is 32.9. The van der Waals surface area contributed by atoms with Gasteiger partial charge in [-0.3, -0.25) is 52.8 Å². The van der Waals surface area contributed by atoms with E-state index in [1.165, 1.54) is 68.3 Å². The Labute approximate surface area is 311 Å². The summed E-state index contributed by atoms with van der Waals surface area (Å²) in [4.78, 5) is 136. The predicted octanol–water partition coefficient (Wildman–Crippen LogP) is -5.45. The molecule has 300 valence electrons. The van der Waals surface area contributed by atoms with Crippen molar-refractivity contribution in [2.45, 2.75) is 6.92 Å². The van der Waals surface area contributed by atoms with E-state index in [0.717, 1.165) is 39.2 Å². The van der Waals surface area contributed by atoms with Gasteiger partial charge in [0.2, 0.25) is 59.1 Å². The van der Waals surface area contributed by atoms with Gasteiger partial charge in [-0.2, -0.15) is 0 Å². The van der Waals surface area contributed by atoms with Crippen LogP contribution in [0.2, 0.25) is 0 Å². The number of nitrogens with zero attached hydrogens (tertiary/aromatic N) is 10. The third-order valence-corrected chi connectivity index (χ3v) is 8.15. The fourth-order valence-electron chi connectivity index (χ4n) is 4.08. The zero-order chi connectivity index (χ0) is 41.3. The maximum atomic E-state index is 12.8. The SMILES string of the molecule is CCN(C)CC(=O)N(C)CC(=O)N(C)CC(=O)N(C)CC(=O)N(C)CC(=O)N(C)CC(=O)N(C)CC(=O)N(C)CC(=O)N(C)CC(=O)N(C)CC(N)=O. The number of rotatable bonds is 21. The van der Waals surface area contributed by atoms with Gasteiger partial charge in [0.1, 0.15) is 0 Å². The van der Waals surface area contributed by atoms with E-state index >= 15 is 0 Å².